The van der Waals surface area contributed by atoms with E-state index in [-0.39, 0.29) is 17.7 Å². The normalized spacial score (nSPS) is 11.8. The first-order valence-corrected chi connectivity index (χ1v) is 8.27. The standard InChI is InChI=1S/C19H15F2N3O4/c1-10(18(26)22-11-6-7-14(20)15(21)8-11)28-17(25)9-16-12-4-2-3-5-13(12)19(27)24-23-16/h2-8,10H,9H2,1H3,(H,22,26)(H,24,27)/t10-/m1/s1. The molecular formula is C19H15F2N3O4. The highest BCUT2D eigenvalue weighted by Gasteiger charge is 2.20. The van der Waals surface area contributed by atoms with Crippen molar-refractivity contribution in [2.24, 2.45) is 0 Å². The van der Waals surface area contributed by atoms with Gasteiger partial charge in [0.1, 0.15) is 0 Å². The second-order valence-electron chi connectivity index (χ2n) is 5.97. The number of halogens is 2. The van der Waals surface area contributed by atoms with Crippen molar-refractivity contribution in [2.45, 2.75) is 19.4 Å². The van der Waals surface area contributed by atoms with Crippen LogP contribution in [0.3, 0.4) is 0 Å². The minimum absolute atomic E-state index is 0.0279. The highest BCUT2D eigenvalue weighted by molar-refractivity contribution is 5.95. The minimum atomic E-state index is -1.19. The lowest BCUT2D eigenvalue weighted by Crippen LogP contribution is -2.30. The van der Waals surface area contributed by atoms with E-state index < -0.39 is 29.6 Å². The molecule has 0 radical (unpaired) electrons. The van der Waals surface area contributed by atoms with Gasteiger partial charge in [-0.25, -0.2) is 13.9 Å². The first-order valence-electron chi connectivity index (χ1n) is 8.27. The molecule has 1 atom stereocenters. The van der Waals surface area contributed by atoms with E-state index in [0.717, 1.165) is 12.1 Å². The topological polar surface area (TPSA) is 101 Å². The third-order valence-corrected chi connectivity index (χ3v) is 3.95. The summed E-state index contributed by atoms with van der Waals surface area (Å²) >= 11 is 0. The Kier molecular flexibility index (Phi) is 5.44. The third kappa shape index (κ3) is 4.20. The smallest absolute Gasteiger partial charge is 0.312 e. The van der Waals surface area contributed by atoms with Crippen LogP contribution >= 0.6 is 0 Å². The van der Waals surface area contributed by atoms with E-state index in [1.807, 2.05) is 0 Å². The molecule has 0 aliphatic rings. The van der Waals surface area contributed by atoms with Crippen molar-refractivity contribution in [1.82, 2.24) is 10.2 Å². The summed E-state index contributed by atoms with van der Waals surface area (Å²) in [5.74, 6) is -3.60. The minimum Gasteiger partial charge on any atom is -0.452 e. The summed E-state index contributed by atoms with van der Waals surface area (Å²) < 4.78 is 31.2. The van der Waals surface area contributed by atoms with Crippen molar-refractivity contribution in [3.05, 3.63) is 70.1 Å². The van der Waals surface area contributed by atoms with Crippen molar-refractivity contribution in [3.63, 3.8) is 0 Å². The van der Waals surface area contributed by atoms with Gasteiger partial charge in [-0.3, -0.25) is 14.4 Å². The Bertz CT molecular complexity index is 1110. The van der Waals surface area contributed by atoms with Gasteiger partial charge in [0.15, 0.2) is 17.7 Å². The predicted molar refractivity (Wildman–Crippen MR) is 96.6 cm³/mol. The molecule has 1 aromatic heterocycles. The number of hydrogen-bond donors (Lipinski definition) is 2. The molecule has 1 heterocycles. The number of amides is 1. The van der Waals surface area contributed by atoms with E-state index >= 15 is 0 Å². The number of esters is 1. The number of aromatic nitrogens is 2. The molecule has 2 N–H and O–H groups in total. The highest BCUT2D eigenvalue weighted by Crippen LogP contribution is 2.15. The van der Waals surface area contributed by atoms with Crippen molar-refractivity contribution < 1.29 is 23.1 Å². The molecule has 7 nitrogen and oxygen atoms in total. The molecule has 0 bridgehead atoms. The van der Waals surface area contributed by atoms with Crippen molar-refractivity contribution in [3.8, 4) is 0 Å². The fraction of sp³-hybridized carbons (Fsp3) is 0.158. The van der Waals surface area contributed by atoms with E-state index in [4.69, 9.17) is 4.74 Å². The number of anilines is 1. The molecule has 3 aromatic rings. The Labute approximate surface area is 157 Å². The third-order valence-electron chi connectivity index (χ3n) is 3.95. The molecule has 2 aromatic carbocycles. The largest absolute Gasteiger partial charge is 0.452 e. The SMILES string of the molecule is C[C@@H](OC(=O)Cc1n[nH]c(=O)c2ccccc12)C(=O)Nc1ccc(F)c(F)c1. The van der Waals surface area contributed by atoms with Gasteiger partial charge in [-0.15, -0.1) is 0 Å². The second-order valence-corrected chi connectivity index (χ2v) is 5.97. The summed E-state index contributed by atoms with van der Waals surface area (Å²) in [4.78, 5) is 36.0. The van der Waals surface area contributed by atoms with Gasteiger partial charge in [0.2, 0.25) is 0 Å². The molecule has 0 unspecified atom stereocenters. The number of H-pyrrole nitrogens is 1. The van der Waals surface area contributed by atoms with Crippen LogP contribution in [0.25, 0.3) is 10.8 Å². The maximum Gasteiger partial charge on any atom is 0.312 e. The van der Waals surface area contributed by atoms with Gasteiger partial charge in [-0.05, 0) is 25.1 Å². The fourth-order valence-electron chi connectivity index (χ4n) is 2.55. The number of benzene rings is 2. The summed E-state index contributed by atoms with van der Waals surface area (Å²) in [7, 11) is 0. The Morgan fingerprint density at radius 2 is 1.86 bits per heavy atom. The van der Waals surface area contributed by atoms with Crippen LogP contribution in [-0.4, -0.2) is 28.2 Å². The number of rotatable bonds is 5. The zero-order chi connectivity index (χ0) is 20.3. The number of nitrogens with zero attached hydrogens (tertiary/aromatic N) is 1. The summed E-state index contributed by atoms with van der Waals surface area (Å²) in [6.07, 6.45) is -1.45. The quantitative estimate of drug-likeness (QED) is 0.655. The highest BCUT2D eigenvalue weighted by atomic mass is 19.2. The molecule has 1 amide bonds. The summed E-state index contributed by atoms with van der Waals surface area (Å²) in [6, 6.07) is 9.51. The summed E-state index contributed by atoms with van der Waals surface area (Å²) in [5, 5.41) is 9.39. The number of hydrogen-bond acceptors (Lipinski definition) is 5. The van der Waals surface area contributed by atoms with Crippen LogP contribution in [0.15, 0.2) is 47.3 Å². The van der Waals surface area contributed by atoms with Crippen LogP contribution in [0, 0.1) is 11.6 Å². The lowest BCUT2D eigenvalue weighted by atomic mass is 10.1. The molecule has 0 aliphatic heterocycles. The van der Waals surface area contributed by atoms with E-state index in [0.29, 0.717) is 16.5 Å². The van der Waals surface area contributed by atoms with E-state index in [2.05, 4.69) is 15.5 Å². The Balaban J connectivity index is 1.66. The van der Waals surface area contributed by atoms with Crippen LogP contribution in [-0.2, 0) is 20.7 Å². The summed E-state index contributed by atoms with van der Waals surface area (Å²) in [6.45, 7) is 1.34. The Morgan fingerprint density at radius 3 is 2.57 bits per heavy atom. The molecule has 0 spiro atoms. The second kappa shape index (κ2) is 7.95. The number of nitrogens with one attached hydrogen (secondary N) is 2. The number of aromatic amines is 1. The van der Waals surface area contributed by atoms with E-state index in [1.165, 1.54) is 13.0 Å². The van der Waals surface area contributed by atoms with Crippen LogP contribution < -0.4 is 10.9 Å². The van der Waals surface area contributed by atoms with Gasteiger partial charge in [0.05, 0.1) is 17.5 Å². The van der Waals surface area contributed by atoms with E-state index in [9.17, 15) is 23.2 Å². The van der Waals surface area contributed by atoms with Crippen molar-refractivity contribution in [2.75, 3.05) is 5.32 Å². The van der Waals surface area contributed by atoms with Gasteiger partial charge >= 0.3 is 5.97 Å². The van der Waals surface area contributed by atoms with Crippen LogP contribution in [0.2, 0.25) is 0 Å². The molecule has 144 valence electrons. The maximum absolute atomic E-state index is 13.2. The van der Waals surface area contributed by atoms with Gasteiger partial charge in [0, 0.05) is 17.1 Å². The van der Waals surface area contributed by atoms with Crippen LogP contribution in [0.4, 0.5) is 14.5 Å². The van der Waals surface area contributed by atoms with Crippen LogP contribution in [0.1, 0.15) is 12.6 Å². The van der Waals surface area contributed by atoms with Gasteiger partial charge in [-0.1, -0.05) is 18.2 Å². The maximum atomic E-state index is 13.2. The number of ether oxygens (including phenoxy) is 1. The van der Waals surface area contributed by atoms with Gasteiger partial charge in [0.25, 0.3) is 11.5 Å². The Morgan fingerprint density at radius 1 is 1.14 bits per heavy atom. The lowest BCUT2D eigenvalue weighted by Gasteiger charge is -2.14. The van der Waals surface area contributed by atoms with Crippen molar-refractivity contribution >= 4 is 28.3 Å². The zero-order valence-electron chi connectivity index (χ0n) is 14.7. The zero-order valence-corrected chi connectivity index (χ0v) is 14.7. The Hall–Kier alpha value is -3.62. The lowest BCUT2D eigenvalue weighted by molar-refractivity contribution is -0.152. The molecule has 0 saturated carbocycles. The number of carbonyl (C=O) groups is 2. The number of carbonyl (C=O) groups excluding carboxylic acids is 2. The van der Waals surface area contributed by atoms with Crippen LogP contribution in [0.5, 0.6) is 0 Å². The van der Waals surface area contributed by atoms with E-state index in [1.54, 1.807) is 24.3 Å². The molecule has 3 rings (SSSR count). The molecule has 0 saturated heterocycles. The monoisotopic (exact) mass is 387 g/mol. The average molecular weight is 387 g/mol. The predicted octanol–water partition coefficient (Wildman–Crippen LogP) is 2.31. The van der Waals surface area contributed by atoms with Crippen molar-refractivity contribution in [1.29, 1.82) is 0 Å². The first kappa shape index (κ1) is 19.2. The van der Waals surface area contributed by atoms with Gasteiger partial charge < -0.3 is 10.1 Å². The average Bonchev–Trinajstić information content (AvgIpc) is 2.67. The fourth-order valence-corrected chi connectivity index (χ4v) is 2.55. The molecular weight excluding hydrogens is 372 g/mol. The molecule has 0 aliphatic carbocycles. The summed E-state index contributed by atoms with van der Waals surface area (Å²) in [5.41, 5.74) is -0.0551. The molecule has 9 heteroatoms. The molecule has 0 fully saturated rings. The van der Waals surface area contributed by atoms with Gasteiger partial charge in [-0.2, -0.15) is 5.10 Å². The first-order chi connectivity index (χ1) is 13.3. The number of fused-ring (bicyclic) bond motifs is 1. The molecule has 28 heavy (non-hydrogen) atoms.